The monoisotopic (exact) mass is 387 g/mol. The fraction of sp³-hybridized carbons (Fsp3) is 0.227. The zero-order valence-electron chi connectivity index (χ0n) is 16.3. The van der Waals surface area contributed by atoms with Gasteiger partial charge in [-0.05, 0) is 49.6 Å². The molecule has 1 aliphatic heterocycles. The quantitative estimate of drug-likeness (QED) is 0.544. The largest absolute Gasteiger partial charge is 0.508 e. The van der Waals surface area contributed by atoms with Crippen LogP contribution in [0, 0.1) is 13.8 Å². The fourth-order valence-corrected chi connectivity index (χ4v) is 4.05. The molecule has 1 aromatic carbocycles. The van der Waals surface area contributed by atoms with E-state index in [-0.39, 0.29) is 5.75 Å². The van der Waals surface area contributed by atoms with Gasteiger partial charge >= 0.3 is 0 Å². The molecule has 3 aromatic heterocycles. The van der Waals surface area contributed by atoms with Crippen molar-refractivity contribution in [1.29, 1.82) is 0 Å². The van der Waals surface area contributed by atoms with Crippen LogP contribution in [0.5, 0.6) is 5.75 Å². The molecule has 7 heteroatoms. The van der Waals surface area contributed by atoms with Gasteiger partial charge in [0.1, 0.15) is 23.5 Å². The van der Waals surface area contributed by atoms with Gasteiger partial charge in [0.05, 0.1) is 30.0 Å². The average Bonchev–Trinajstić information content (AvgIpc) is 3.07. The van der Waals surface area contributed by atoms with Crippen molar-refractivity contribution in [2.75, 3.05) is 18.9 Å². The summed E-state index contributed by atoms with van der Waals surface area (Å²) in [5.74, 6) is 0.639. The van der Waals surface area contributed by atoms with Crippen LogP contribution in [0.25, 0.3) is 33.3 Å². The van der Waals surface area contributed by atoms with Crippen LogP contribution in [0.3, 0.4) is 0 Å². The molecule has 4 heterocycles. The average molecular weight is 387 g/mol. The van der Waals surface area contributed by atoms with Crippen LogP contribution in [-0.4, -0.2) is 37.8 Å². The summed E-state index contributed by atoms with van der Waals surface area (Å²) in [6.07, 6.45) is 4.36. The van der Waals surface area contributed by atoms with Crippen LogP contribution < -0.4 is 5.73 Å². The standard InChI is InChI=1S/C22H21N5O2/c1-12-3-6-17(28)13(2)19(12)27-21-15(18-20(23)24-11-25-22(18)27)4-5-16(26-21)14-7-9-29-10-8-14/h3-7,11,28H,8-10H2,1-2H3,(H2,23,24,25). The molecule has 3 N–H and O–H groups in total. The van der Waals surface area contributed by atoms with Gasteiger partial charge in [-0.25, -0.2) is 15.0 Å². The van der Waals surface area contributed by atoms with Gasteiger partial charge in [0.2, 0.25) is 0 Å². The molecular formula is C22H21N5O2. The van der Waals surface area contributed by atoms with E-state index >= 15 is 0 Å². The highest BCUT2D eigenvalue weighted by Gasteiger charge is 2.21. The Bertz CT molecular complexity index is 1310. The first-order valence-corrected chi connectivity index (χ1v) is 9.54. The van der Waals surface area contributed by atoms with Gasteiger partial charge in [0.25, 0.3) is 0 Å². The molecule has 4 aromatic rings. The van der Waals surface area contributed by atoms with Crippen LogP contribution in [0.2, 0.25) is 0 Å². The summed E-state index contributed by atoms with van der Waals surface area (Å²) in [6, 6.07) is 7.64. The first kappa shape index (κ1) is 17.6. The number of fused-ring (bicyclic) bond motifs is 3. The summed E-state index contributed by atoms with van der Waals surface area (Å²) in [5, 5.41) is 12.0. The molecule has 7 nitrogen and oxygen atoms in total. The van der Waals surface area contributed by atoms with Crippen molar-refractivity contribution in [3.63, 3.8) is 0 Å². The van der Waals surface area contributed by atoms with E-state index in [4.69, 9.17) is 15.5 Å². The lowest BCUT2D eigenvalue weighted by molar-refractivity contribution is 0.161. The lowest BCUT2D eigenvalue weighted by Gasteiger charge is -2.16. The maximum Gasteiger partial charge on any atom is 0.152 e. The number of hydrogen-bond donors (Lipinski definition) is 2. The third-order valence-corrected chi connectivity index (χ3v) is 5.54. The van der Waals surface area contributed by atoms with Crippen molar-refractivity contribution in [1.82, 2.24) is 19.5 Å². The summed E-state index contributed by atoms with van der Waals surface area (Å²) in [6.45, 7) is 5.19. The third kappa shape index (κ3) is 2.66. The summed E-state index contributed by atoms with van der Waals surface area (Å²) >= 11 is 0. The smallest absolute Gasteiger partial charge is 0.152 e. The van der Waals surface area contributed by atoms with E-state index in [1.54, 1.807) is 6.07 Å². The molecule has 0 saturated heterocycles. The third-order valence-electron chi connectivity index (χ3n) is 5.54. The van der Waals surface area contributed by atoms with Crippen LogP contribution in [0.1, 0.15) is 23.2 Å². The van der Waals surface area contributed by atoms with Crippen molar-refractivity contribution in [2.45, 2.75) is 20.3 Å². The number of benzene rings is 1. The molecule has 146 valence electrons. The Kier molecular flexibility index (Phi) is 3.99. The van der Waals surface area contributed by atoms with E-state index in [1.807, 2.05) is 36.6 Å². The van der Waals surface area contributed by atoms with Gasteiger partial charge in [0, 0.05) is 10.9 Å². The first-order valence-electron chi connectivity index (χ1n) is 9.54. The van der Waals surface area contributed by atoms with Gasteiger partial charge in [-0.2, -0.15) is 0 Å². The van der Waals surface area contributed by atoms with E-state index in [9.17, 15) is 5.11 Å². The van der Waals surface area contributed by atoms with Crippen molar-refractivity contribution < 1.29 is 9.84 Å². The highest BCUT2D eigenvalue weighted by molar-refractivity contribution is 6.11. The molecule has 0 amide bonds. The van der Waals surface area contributed by atoms with Crippen LogP contribution in [0.15, 0.2) is 36.7 Å². The molecule has 0 radical (unpaired) electrons. The minimum absolute atomic E-state index is 0.228. The molecule has 1 aliphatic rings. The Morgan fingerprint density at radius 2 is 1.97 bits per heavy atom. The number of hydrogen-bond acceptors (Lipinski definition) is 6. The topological polar surface area (TPSA) is 99.1 Å². The predicted octanol–water partition coefficient (Wildman–Crippen LogP) is 3.68. The number of ether oxygens (including phenoxy) is 1. The highest BCUT2D eigenvalue weighted by atomic mass is 16.5. The van der Waals surface area contributed by atoms with Gasteiger partial charge in [-0.15, -0.1) is 0 Å². The van der Waals surface area contributed by atoms with E-state index in [0.29, 0.717) is 24.7 Å². The first-order chi connectivity index (χ1) is 14.1. The normalized spacial score (nSPS) is 14.5. The summed E-state index contributed by atoms with van der Waals surface area (Å²) in [7, 11) is 0. The number of phenols is 1. The van der Waals surface area contributed by atoms with Crippen molar-refractivity contribution >= 4 is 33.5 Å². The lowest BCUT2D eigenvalue weighted by atomic mass is 10.1. The van der Waals surface area contributed by atoms with E-state index < -0.39 is 0 Å². The number of nitrogen functional groups attached to an aromatic ring is 1. The summed E-state index contributed by atoms with van der Waals surface area (Å²) < 4.78 is 7.42. The van der Waals surface area contributed by atoms with E-state index in [2.05, 4.69) is 16.0 Å². The second-order valence-corrected chi connectivity index (χ2v) is 7.29. The van der Waals surface area contributed by atoms with Crippen LogP contribution >= 0.6 is 0 Å². The molecule has 0 atom stereocenters. The number of aromatic hydroxyl groups is 1. The lowest BCUT2D eigenvalue weighted by Crippen LogP contribution is -2.06. The van der Waals surface area contributed by atoms with Gasteiger partial charge in [-0.1, -0.05) is 12.1 Å². The Hall–Kier alpha value is -3.45. The molecule has 0 bridgehead atoms. The number of aromatic nitrogens is 4. The molecule has 0 spiro atoms. The van der Waals surface area contributed by atoms with Gasteiger partial charge in [0.15, 0.2) is 5.65 Å². The molecule has 29 heavy (non-hydrogen) atoms. The SMILES string of the molecule is Cc1ccc(O)c(C)c1-n1c2nc(C3=CCOCC3)ccc2c2c(N)ncnc21. The Morgan fingerprint density at radius 1 is 1.10 bits per heavy atom. The minimum Gasteiger partial charge on any atom is -0.508 e. The number of nitrogens with zero attached hydrogens (tertiary/aromatic N) is 4. The van der Waals surface area contributed by atoms with Gasteiger partial charge in [-0.3, -0.25) is 4.57 Å². The maximum atomic E-state index is 10.4. The van der Waals surface area contributed by atoms with Crippen LogP contribution in [0.4, 0.5) is 5.82 Å². The van der Waals surface area contributed by atoms with Crippen molar-refractivity contribution in [2.24, 2.45) is 0 Å². The van der Waals surface area contributed by atoms with Crippen LogP contribution in [-0.2, 0) is 4.74 Å². The second-order valence-electron chi connectivity index (χ2n) is 7.29. The minimum atomic E-state index is 0.228. The number of anilines is 1. The number of aryl methyl sites for hydroxylation is 1. The number of phenolic OH excluding ortho intramolecular Hbond substituents is 1. The highest BCUT2D eigenvalue weighted by Crippen LogP contribution is 2.37. The molecule has 0 fully saturated rings. The zero-order valence-corrected chi connectivity index (χ0v) is 16.3. The Labute approximate surface area is 167 Å². The summed E-state index contributed by atoms with van der Waals surface area (Å²) in [5.41, 5.74) is 12.4. The Morgan fingerprint density at radius 3 is 2.76 bits per heavy atom. The number of rotatable bonds is 2. The second kappa shape index (κ2) is 6.56. The van der Waals surface area contributed by atoms with Crippen molar-refractivity contribution in [3.8, 4) is 11.4 Å². The summed E-state index contributed by atoms with van der Waals surface area (Å²) in [4.78, 5) is 13.7. The number of pyridine rings is 1. The van der Waals surface area contributed by atoms with Crippen molar-refractivity contribution in [3.05, 3.63) is 53.5 Å². The molecule has 0 aliphatic carbocycles. The Balaban J connectivity index is 1.91. The predicted molar refractivity (Wildman–Crippen MR) is 113 cm³/mol. The molecule has 0 saturated carbocycles. The van der Waals surface area contributed by atoms with Gasteiger partial charge < -0.3 is 15.6 Å². The maximum absolute atomic E-state index is 10.4. The number of nitrogens with two attached hydrogens (primary N) is 1. The van der Waals surface area contributed by atoms with E-state index in [1.165, 1.54) is 11.9 Å². The molecule has 5 rings (SSSR count). The molecule has 0 unspecified atom stereocenters. The molecular weight excluding hydrogens is 366 g/mol. The van der Waals surface area contributed by atoms with E-state index in [0.717, 1.165) is 45.3 Å². The fourth-order valence-electron chi connectivity index (χ4n) is 4.05. The zero-order chi connectivity index (χ0) is 20.1.